The van der Waals surface area contributed by atoms with Crippen LogP contribution in [0.5, 0.6) is 17.2 Å². The van der Waals surface area contributed by atoms with Gasteiger partial charge in [0.15, 0.2) is 11.5 Å². The van der Waals surface area contributed by atoms with E-state index in [1.165, 1.54) is 29.0 Å². The number of aromatic nitrogens is 2. The van der Waals surface area contributed by atoms with Crippen molar-refractivity contribution in [3.05, 3.63) is 39.4 Å². The van der Waals surface area contributed by atoms with Crippen LogP contribution in [0.2, 0.25) is 0 Å². The van der Waals surface area contributed by atoms with Crippen LogP contribution >= 0.6 is 15.9 Å². The highest BCUT2D eigenvalue weighted by Crippen LogP contribution is 2.36. The lowest BCUT2D eigenvalue weighted by molar-refractivity contribution is -0.0415. The first-order valence-electron chi connectivity index (χ1n) is 7.38. The normalized spacial score (nSPS) is 22.9. The van der Waals surface area contributed by atoms with Gasteiger partial charge in [-0.25, -0.2) is 4.79 Å². The molecule has 1 aromatic heterocycles. The number of aromatic hydroxyl groups is 2. The van der Waals surface area contributed by atoms with Gasteiger partial charge in [-0.05, 0) is 28.1 Å². The molecule has 0 amide bonds. The second-order valence-corrected chi connectivity index (χ2v) is 6.39. The van der Waals surface area contributed by atoms with E-state index >= 15 is 0 Å². The summed E-state index contributed by atoms with van der Waals surface area (Å²) >= 11 is 3.19. The Morgan fingerprint density at radius 3 is 2.76 bits per heavy atom. The zero-order valence-electron chi connectivity index (χ0n) is 12.9. The van der Waals surface area contributed by atoms with Crippen molar-refractivity contribution in [3.8, 4) is 17.2 Å². The number of halogens is 1. The van der Waals surface area contributed by atoms with Crippen LogP contribution in [0.15, 0.2) is 33.7 Å². The largest absolute Gasteiger partial charge is 0.504 e. The minimum absolute atomic E-state index is 0.0645. The average Bonchev–Trinajstić information content (AvgIpc) is 2.91. The number of ether oxygens (including phenoxy) is 2. The van der Waals surface area contributed by atoms with Crippen LogP contribution in [0, 0.1) is 0 Å². The molecule has 2 heterocycles. The van der Waals surface area contributed by atoms with Crippen molar-refractivity contribution in [1.82, 2.24) is 9.55 Å². The Hall–Kier alpha value is -2.30. The third kappa shape index (κ3) is 3.55. The van der Waals surface area contributed by atoms with Gasteiger partial charge in [0.2, 0.25) is 5.75 Å². The molecule has 0 unspecified atom stereocenters. The number of phenolic OH excluding ortho intramolecular Hbond substituents is 2. The molecule has 2 aromatic rings. The zero-order valence-corrected chi connectivity index (χ0v) is 14.5. The topological polar surface area (TPSA) is 140 Å². The first-order chi connectivity index (χ1) is 11.9. The van der Waals surface area contributed by atoms with Crippen molar-refractivity contribution < 1.29 is 24.8 Å². The maximum atomic E-state index is 12.0. The Morgan fingerprint density at radius 2 is 2.08 bits per heavy atom. The van der Waals surface area contributed by atoms with Gasteiger partial charge in [-0.1, -0.05) is 6.07 Å². The van der Waals surface area contributed by atoms with Gasteiger partial charge in [-0.3, -0.25) is 4.57 Å². The van der Waals surface area contributed by atoms with Crippen molar-refractivity contribution >= 4 is 21.7 Å². The standard InChI is InChI=1S/C15H16BrN3O6/c16-7-5-19(15(23)18-14(7)17)12-4-10(22)11(25-12)6-24-13-8(20)2-1-3-9(13)21/h1-3,5,10-12,20-22H,4,6H2,(H2,17,18,23)/t10-,11+,12+/m0/s1. The van der Waals surface area contributed by atoms with E-state index in [4.69, 9.17) is 15.2 Å². The van der Waals surface area contributed by atoms with Crippen LogP contribution in [0.3, 0.4) is 0 Å². The third-order valence-electron chi connectivity index (χ3n) is 3.81. The lowest BCUT2D eigenvalue weighted by Gasteiger charge is -2.17. The number of para-hydroxylation sites is 1. The molecule has 1 saturated heterocycles. The fourth-order valence-corrected chi connectivity index (χ4v) is 2.84. The van der Waals surface area contributed by atoms with Crippen LogP contribution in [-0.4, -0.2) is 43.7 Å². The fourth-order valence-electron chi connectivity index (χ4n) is 2.53. The number of benzene rings is 1. The summed E-state index contributed by atoms with van der Waals surface area (Å²) in [5, 5.41) is 29.5. The summed E-state index contributed by atoms with van der Waals surface area (Å²) in [6.45, 7) is -0.124. The summed E-state index contributed by atoms with van der Waals surface area (Å²) in [7, 11) is 0. The highest BCUT2D eigenvalue weighted by Gasteiger charge is 2.36. The van der Waals surface area contributed by atoms with Crippen LogP contribution in [0.4, 0.5) is 5.82 Å². The van der Waals surface area contributed by atoms with Crippen molar-refractivity contribution in [2.45, 2.75) is 24.9 Å². The SMILES string of the molecule is Nc1nc(=O)n([C@H]2C[C@H](O)[C@@H](COc3c(O)cccc3O)O2)cc1Br. The number of nitrogens with zero attached hydrogens (tertiary/aromatic N) is 2. The number of rotatable bonds is 4. The molecule has 1 aliphatic heterocycles. The Kier molecular flexibility index (Phi) is 4.84. The van der Waals surface area contributed by atoms with E-state index in [-0.39, 0.29) is 36.1 Å². The molecule has 1 aliphatic rings. The summed E-state index contributed by atoms with van der Waals surface area (Å²) in [4.78, 5) is 15.6. The van der Waals surface area contributed by atoms with Gasteiger partial charge in [0.25, 0.3) is 0 Å². The molecular weight excluding hydrogens is 398 g/mol. The highest BCUT2D eigenvalue weighted by atomic mass is 79.9. The quantitative estimate of drug-likeness (QED) is 0.574. The summed E-state index contributed by atoms with van der Waals surface area (Å²) in [5.41, 5.74) is 4.96. The maximum absolute atomic E-state index is 12.0. The Morgan fingerprint density at radius 1 is 1.40 bits per heavy atom. The van der Waals surface area contributed by atoms with Gasteiger partial charge in [-0.2, -0.15) is 4.98 Å². The molecule has 3 rings (SSSR count). The molecule has 25 heavy (non-hydrogen) atoms. The van der Waals surface area contributed by atoms with E-state index in [0.717, 1.165) is 0 Å². The van der Waals surface area contributed by atoms with Crippen molar-refractivity contribution in [3.63, 3.8) is 0 Å². The lowest BCUT2D eigenvalue weighted by atomic mass is 10.2. The van der Waals surface area contributed by atoms with Gasteiger partial charge >= 0.3 is 5.69 Å². The number of hydrogen-bond donors (Lipinski definition) is 4. The Balaban J connectivity index is 1.72. The van der Waals surface area contributed by atoms with E-state index in [0.29, 0.717) is 4.47 Å². The van der Waals surface area contributed by atoms with Crippen LogP contribution in [0.25, 0.3) is 0 Å². The first-order valence-corrected chi connectivity index (χ1v) is 8.17. The highest BCUT2D eigenvalue weighted by molar-refractivity contribution is 9.10. The van der Waals surface area contributed by atoms with Gasteiger partial charge in [0.05, 0.1) is 10.6 Å². The number of anilines is 1. The predicted molar refractivity (Wildman–Crippen MR) is 90.4 cm³/mol. The molecule has 0 spiro atoms. The number of hydrogen-bond acceptors (Lipinski definition) is 8. The van der Waals surface area contributed by atoms with E-state index in [9.17, 15) is 20.1 Å². The van der Waals surface area contributed by atoms with Crippen LogP contribution in [-0.2, 0) is 4.74 Å². The van der Waals surface area contributed by atoms with E-state index in [1.807, 2.05) is 0 Å². The summed E-state index contributed by atoms with van der Waals surface area (Å²) < 4.78 is 12.7. The zero-order chi connectivity index (χ0) is 18.1. The number of nitrogen functional groups attached to an aromatic ring is 1. The number of aliphatic hydroxyl groups is 1. The number of phenols is 2. The smallest absolute Gasteiger partial charge is 0.351 e. The number of nitrogens with two attached hydrogens (primary N) is 1. The average molecular weight is 414 g/mol. The van der Waals surface area contributed by atoms with E-state index in [2.05, 4.69) is 20.9 Å². The van der Waals surface area contributed by atoms with Gasteiger partial charge in [-0.15, -0.1) is 0 Å². The number of aliphatic hydroxyl groups excluding tert-OH is 1. The predicted octanol–water partition coefficient (Wildman–Crippen LogP) is 0.727. The third-order valence-corrected chi connectivity index (χ3v) is 4.42. The first kappa shape index (κ1) is 17.5. The van der Waals surface area contributed by atoms with E-state index in [1.54, 1.807) is 0 Å². The maximum Gasteiger partial charge on any atom is 0.351 e. The van der Waals surface area contributed by atoms with Crippen molar-refractivity contribution in [2.24, 2.45) is 0 Å². The lowest BCUT2D eigenvalue weighted by Crippen LogP contribution is -2.29. The molecule has 0 saturated carbocycles. The van der Waals surface area contributed by atoms with E-state index < -0.39 is 24.1 Å². The molecule has 1 fully saturated rings. The molecule has 1 aromatic carbocycles. The van der Waals surface area contributed by atoms with Crippen LogP contribution < -0.4 is 16.2 Å². The molecular formula is C15H16BrN3O6. The van der Waals surface area contributed by atoms with Crippen molar-refractivity contribution in [1.29, 1.82) is 0 Å². The molecule has 3 atom stereocenters. The Labute approximate surface area is 150 Å². The summed E-state index contributed by atoms with van der Waals surface area (Å²) in [6, 6.07) is 4.19. The minimum atomic E-state index is -0.902. The molecule has 0 radical (unpaired) electrons. The molecule has 0 bridgehead atoms. The van der Waals surface area contributed by atoms with Crippen LogP contribution in [0.1, 0.15) is 12.6 Å². The monoisotopic (exact) mass is 413 g/mol. The second-order valence-electron chi connectivity index (χ2n) is 5.53. The van der Waals surface area contributed by atoms with Gasteiger partial charge in [0, 0.05) is 12.6 Å². The summed E-state index contributed by atoms with van der Waals surface area (Å²) in [5.74, 6) is -0.496. The molecule has 9 nitrogen and oxygen atoms in total. The molecule has 0 aliphatic carbocycles. The molecule has 5 N–H and O–H groups in total. The summed E-state index contributed by atoms with van der Waals surface area (Å²) in [6.07, 6.45) is -0.800. The van der Waals surface area contributed by atoms with Gasteiger partial charge < -0.3 is 30.5 Å². The van der Waals surface area contributed by atoms with Gasteiger partial charge in [0.1, 0.15) is 24.8 Å². The Bertz CT molecular complexity index is 822. The molecule has 10 heteroatoms. The van der Waals surface area contributed by atoms with Crippen molar-refractivity contribution in [2.75, 3.05) is 12.3 Å². The molecule has 134 valence electrons. The second kappa shape index (κ2) is 6.90. The minimum Gasteiger partial charge on any atom is -0.504 e. The fraction of sp³-hybridized carbons (Fsp3) is 0.333.